The summed E-state index contributed by atoms with van der Waals surface area (Å²) < 4.78 is 0. The van der Waals surface area contributed by atoms with Crippen molar-refractivity contribution in [3.05, 3.63) is 29.6 Å². The van der Waals surface area contributed by atoms with Gasteiger partial charge in [0.25, 0.3) is 0 Å². The molecule has 1 aromatic heterocycles. The van der Waals surface area contributed by atoms with Crippen LogP contribution in [0.5, 0.6) is 0 Å². The summed E-state index contributed by atoms with van der Waals surface area (Å²) in [6, 6.07) is 3.67. The van der Waals surface area contributed by atoms with Gasteiger partial charge in [-0.2, -0.15) is 0 Å². The van der Waals surface area contributed by atoms with Crippen LogP contribution >= 0.6 is 0 Å². The Morgan fingerprint density at radius 1 is 1.61 bits per heavy atom. The molecular weight excluding hydrogens is 224 g/mol. The van der Waals surface area contributed by atoms with Crippen molar-refractivity contribution in [3.8, 4) is 0 Å². The smallest absolute Gasteiger partial charge is 0.158 e. The molecule has 18 heavy (non-hydrogen) atoms. The molecule has 1 aliphatic rings. The fourth-order valence-electron chi connectivity index (χ4n) is 2.65. The average Bonchev–Trinajstić information content (AvgIpc) is 2.44. The monoisotopic (exact) mass is 246 g/mol. The van der Waals surface area contributed by atoms with Crippen LogP contribution in [-0.4, -0.2) is 16.8 Å². The molecule has 0 saturated carbocycles. The molecule has 0 bridgehead atoms. The maximum Gasteiger partial charge on any atom is 0.158 e. The van der Waals surface area contributed by atoms with Gasteiger partial charge in [0.05, 0.1) is 17.7 Å². The van der Waals surface area contributed by atoms with E-state index in [4.69, 9.17) is 5.73 Å². The molecule has 0 saturated heterocycles. The highest BCUT2D eigenvalue weighted by molar-refractivity contribution is 5.90. The fraction of sp³-hybridized carbons (Fsp3) is 0.600. The number of aromatic nitrogens is 1. The largest absolute Gasteiger partial charge is 0.321 e. The third kappa shape index (κ3) is 2.46. The molecule has 3 unspecified atom stereocenters. The van der Waals surface area contributed by atoms with E-state index >= 15 is 0 Å². The standard InChI is InChI=1S/C15H22N2O/c1-3-10(2)13(16)15(18)12-8-4-6-11-7-5-9-17-14(11)12/h5,7,9-10,12-13H,3-4,6,8,16H2,1-2H3. The second-order valence-electron chi connectivity index (χ2n) is 5.31. The highest BCUT2D eigenvalue weighted by atomic mass is 16.1. The summed E-state index contributed by atoms with van der Waals surface area (Å²) >= 11 is 0. The molecule has 0 spiro atoms. The maximum absolute atomic E-state index is 12.5. The molecule has 0 amide bonds. The summed E-state index contributed by atoms with van der Waals surface area (Å²) in [5.74, 6) is 0.328. The molecule has 1 aliphatic carbocycles. The van der Waals surface area contributed by atoms with Crippen LogP contribution in [0.3, 0.4) is 0 Å². The number of hydrogen-bond acceptors (Lipinski definition) is 3. The minimum Gasteiger partial charge on any atom is -0.321 e. The number of Topliss-reactive ketones (excluding diaryl/α,β-unsaturated/α-hetero) is 1. The van der Waals surface area contributed by atoms with E-state index in [0.717, 1.165) is 31.4 Å². The van der Waals surface area contributed by atoms with Crippen LogP contribution in [0.25, 0.3) is 0 Å². The number of aryl methyl sites for hydroxylation is 1. The van der Waals surface area contributed by atoms with Crippen molar-refractivity contribution >= 4 is 5.78 Å². The van der Waals surface area contributed by atoms with E-state index in [1.54, 1.807) is 6.20 Å². The third-order valence-electron chi connectivity index (χ3n) is 4.12. The lowest BCUT2D eigenvalue weighted by Gasteiger charge is -2.27. The topological polar surface area (TPSA) is 56.0 Å². The molecule has 3 nitrogen and oxygen atoms in total. The van der Waals surface area contributed by atoms with E-state index < -0.39 is 0 Å². The SMILES string of the molecule is CCC(C)C(N)C(=O)C1CCCc2cccnc21. The highest BCUT2D eigenvalue weighted by Crippen LogP contribution is 2.32. The van der Waals surface area contributed by atoms with Gasteiger partial charge in [-0.3, -0.25) is 9.78 Å². The number of pyridine rings is 1. The van der Waals surface area contributed by atoms with Crippen molar-refractivity contribution in [2.75, 3.05) is 0 Å². The summed E-state index contributed by atoms with van der Waals surface area (Å²) in [6.45, 7) is 4.12. The number of rotatable bonds is 4. The first-order valence-corrected chi connectivity index (χ1v) is 6.88. The van der Waals surface area contributed by atoms with E-state index in [0.29, 0.717) is 0 Å². The maximum atomic E-state index is 12.5. The number of nitrogens with zero attached hydrogens (tertiary/aromatic N) is 1. The van der Waals surface area contributed by atoms with Gasteiger partial charge in [0.1, 0.15) is 0 Å². The zero-order valence-electron chi connectivity index (χ0n) is 11.2. The Labute approximate surface area is 109 Å². The van der Waals surface area contributed by atoms with E-state index in [1.807, 2.05) is 13.0 Å². The van der Waals surface area contributed by atoms with Crippen molar-refractivity contribution in [3.63, 3.8) is 0 Å². The van der Waals surface area contributed by atoms with E-state index in [9.17, 15) is 4.79 Å². The summed E-state index contributed by atoms with van der Waals surface area (Å²) in [5, 5.41) is 0. The predicted octanol–water partition coefficient (Wildman–Crippen LogP) is 2.44. The van der Waals surface area contributed by atoms with Gasteiger partial charge in [-0.15, -0.1) is 0 Å². The summed E-state index contributed by atoms with van der Waals surface area (Å²) in [7, 11) is 0. The van der Waals surface area contributed by atoms with Crippen LogP contribution in [0, 0.1) is 5.92 Å². The molecule has 0 aliphatic heterocycles. The number of carbonyl (C=O) groups is 1. The van der Waals surface area contributed by atoms with Crippen LogP contribution < -0.4 is 5.73 Å². The molecule has 1 aromatic rings. The minimum absolute atomic E-state index is 0.0843. The number of hydrogen-bond donors (Lipinski definition) is 1. The Kier molecular flexibility index (Phi) is 4.12. The average molecular weight is 246 g/mol. The van der Waals surface area contributed by atoms with Crippen LogP contribution in [0.2, 0.25) is 0 Å². The molecule has 2 rings (SSSR count). The normalized spacial score (nSPS) is 22.1. The van der Waals surface area contributed by atoms with Crippen LogP contribution in [0.1, 0.15) is 50.3 Å². The van der Waals surface area contributed by atoms with E-state index in [1.165, 1.54) is 5.56 Å². The third-order valence-corrected chi connectivity index (χ3v) is 4.12. The lowest BCUT2D eigenvalue weighted by atomic mass is 9.79. The quantitative estimate of drug-likeness (QED) is 0.887. The molecule has 0 fully saturated rings. The fourth-order valence-corrected chi connectivity index (χ4v) is 2.65. The number of nitrogens with two attached hydrogens (primary N) is 1. The Balaban J connectivity index is 2.22. The Morgan fingerprint density at radius 2 is 2.39 bits per heavy atom. The second-order valence-corrected chi connectivity index (χ2v) is 5.31. The predicted molar refractivity (Wildman–Crippen MR) is 72.4 cm³/mol. The van der Waals surface area contributed by atoms with Crippen LogP contribution in [0.4, 0.5) is 0 Å². The van der Waals surface area contributed by atoms with Crippen molar-refractivity contribution in [1.82, 2.24) is 4.98 Å². The molecule has 3 atom stereocenters. The zero-order chi connectivity index (χ0) is 13.1. The highest BCUT2D eigenvalue weighted by Gasteiger charge is 2.32. The van der Waals surface area contributed by atoms with Gasteiger partial charge in [-0.05, 0) is 36.8 Å². The first-order chi connectivity index (χ1) is 8.65. The van der Waals surface area contributed by atoms with Crippen LogP contribution in [-0.2, 0) is 11.2 Å². The molecule has 0 radical (unpaired) electrons. The van der Waals surface area contributed by atoms with Gasteiger partial charge in [0, 0.05) is 6.20 Å². The van der Waals surface area contributed by atoms with Crippen molar-refractivity contribution < 1.29 is 4.79 Å². The molecule has 98 valence electrons. The van der Waals surface area contributed by atoms with Gasteiger partial charge in [0.15, 0.2) is 5.78 Å². The number of ketones is 1. The van der Waals surface area contributed by atoms with Crippen molar-refractivity contribution in [2.45, 2.75) is 51.5 Å². The Hall–Kier alpha value is -1.22. The molecule has 1 heterocycles. The Morgan fingerprint density at radius 3 is 3.11 bits per heavy atom. The summed E-state index contributed by atoms with van der Waals surface area (Å²) in [6.07, 6.45) is 5.70. The molecule has 0 aromatic carbocycles. The summed E-state index contributed by atoms with van der Waals surface area (Å²) in [4.78, 5) is 16.9. The zero-order valence-corrected chi connectivity index (χ0v) is 11.2. The van der Waals surface area contributed by atoms with Gasteiger partial charge in [0.2, 0.25) is 0 Å². The first-order valence-electron chi connectivity index (χ1n) is 6.88. The van der Waals surface area contributed by atoms with Gasteiger partial charge in [-0.25, -0.2) is 0 Å². The lowest BCUT2D eigenvalue weighted by Crippen LogP contribution is -2.40. The molecule has 2 N–H and O–H groups in total. The molecular formula is C15H22N2O. The van der Waals surface area contributed by atoms with Crippen molar-refractivity contribution in [2.24, 2.45) is 11.7 Å². The van der Waals surface area contributed by atoms with Gasteiger partial charge < -0.3 is 5.73 Å². The number of fused-ring (bicyclic) bond motifs is 1. The van der Waals surface area contributed by atoms with Gasteiger partial charge in [-0.1, -0.05) is 26.3 Å². The number of carbonyl (C=O) groups excluding carboxylic acids is 1. The lowest BCUT2D eigenvalue weighted by molar-refractivity contribution is -0.123. The molecule has 3 heteroatoms. The summed E-state index contributed by atoms with van der Waals surface area (Å²) in [5.41, 5.74) is 8.27. The second kappa shape index (κ2) is 5.61. The van der Waals surface area contributed by atoms with Gasteiger partial charge >= 0.3 is 0 Å². The van der Waals surface area contributed by atoms with E-state index in [2.05, 4.69) is 18.0 Å². The Bertz CT molecular complexity index is 430. The minimum atomic E-state index is -0.354. The van der Waals surface area contributed by atoms with E-state index in [-0.39, 0.29) is 23.7 Å². The van der Waals surface area contributed by atoms with Crippen LogP contribution in [0.15, 0.2) is 18.3 Å². The van der Waals surface area contributed by atoms with Crippen molar-refractivity contribution in [1.29, 1.82) is 0 Å². The first kappa shape index (κ1) is 13.2.